The molecular weight excluding hydrogens is 274 g/mol. The van der Waals surface area contributed by atoms with E-state index in [0.717, 1.165) is 19.6 Å². The Kier molecular flexibility index (Phi) is 6.22. The number of hydrogen-bond donors (Lipinski definition) is 0. The summed E-state index contributed by atoms with van der Waals surface area (Å²) in [4.78, 5) is 16.6. The monoisotopic (exact) mass is 299 g/mol. The molecule has 1 heterocycles. The van der Waals surface area contributed by atoms with Crippen molar-refractivity contribution < 1.29 is 4.79 Å². The second-order valence-electron chi connectivity index (χ2n) is 5.78. The normalized spacial score (nSPS) is 10.9. The summed E-state index contributed by atoms with van der Waals surface area (Å²) in [6.45, 7) is 3.05. The highest BCUT2D eigenvalue weighted by molar-refractivity contribution is 5.76. The highest BCUT2D eigenvalue weighted by atomic mass is 16.2. The third-order valence-corrected chi connectivity index (χ3v) is 3.64. The van der Waals surface area contributed by atoms with Crippen LogP contribution < -0.4 is 0 Å². The van der Waals surface area contributed by atoms with Crippen LogP contribution in [0.1, 0.15) is 12.0 Å². The molecule has 0 aliphatic rings. The average molecular weight is 299 g/mol. The minimum atomic E-state index is 0.208. The van der Waals surface area contributed by atoms with Gasteiger partial charge in [0.1, 0.15) is 0 Å². The van der Waals surface area contributed by atoms with Crippen molar-refractivity contribution in [3.05, 3.63) is 60.4 Å². The van der Waals surface area contributed by atoms with Gasteiger partial charge in [-0.2, -0.15) is 0 Å². The van der Waals surface area contributed by atoms with Crippen LogP contribution in [0, 0.1) is 0 Å². The molecule has 0 saturated heterocycles. The number of nitrogens with zero attached hydrogens (tertiary/aromatic N) is 3. The maximum atomic E-state index is 12.5. The molecule has 0 fully saturated rings. The van der Waals surface area contributed by atoms with Gasteiger partial charge in [0.15, 0.2) is 0 Å². The van der Waals surface area contributed by atoms with Crippen LogP contribution in [0.5, 0.6) is 0 Å². The largest absolute Gasteiger partial charge is 0.354 e. The van der Waals surface area contributed by atoms with Crippen molar-refractivity contribution in [2.75, 3.05) is 27.2 Å². The van der Waals surface area contributed by atoms with Gasteiger partial charge in [0, 0.05) is 45.0 Å². The number of carbonyl (C=O) groups is 1. The second-order valence-corrected chi connectivity index (χ2v) is 5.78. The molecule has 0 spiro atoms. The molecule has 2 rings (SSSR count). The first-order valence-corrected chi connectivity index (χ1v) is 7.72. The lowest BCUT2D eigenvalue weighted by atomic mass is 10.2. The van der Waals surface area contributed by atoms with Gasteiger partial charge in [0.05, 0.1) is 0 Å². The molecule has 0 aliphatic carbocycles. The van der Waals surface area contributed by atoms with Crippen molar-refractivity contribution >= 4 is 5.91 Å². The fourth-order valence-electron chi connectivity index (χ4n) is 2.32. The lowest BCUT2D eigenvalue weighted by Gasteiger charge is -2.25. The van der Waals surface area contributed by atoms with Crippen LogP contribution in [0.2, 0.25) is 0 Å². The summed E-state index contributed by atoms with van der Waals surface area (Å²) >= 11 is 0. The zero-order valence-corrected chi connectivity index (χ0v) is 13.5. The molecule has 0 atom stereocenters. The fourth-order valence-corrected chi connectivity index (χ4v) is 2.32. The average Bonchev–Trinajstić information content (AvgIpc) is 3.03. The van der Waals surface area contributed by atoms with Crippen molar-refractivity contribution in [2.45, 2.75) is 19.5 Å². The van der Waals surface area contributed by atoms with Crippen LogP contribution in [0.3, 0.4) is 0 Å². The van der Waals surface area contributed by atoms with Gasteiger partial charge < -0.3 is 14.4 Å². The minimum absolute atomic E-state index is 0.208. The smallest absolute Gasteiger partial charge is 0.224 e. The Morgan fingerprint density at radius 3 is 2.32 bits per heavy atom. The molecule has 22 heavy (non-hydrogen) atoms. The summed E-state index contributed by atoms with van der Waals surface area (Å²) in [5, 5.41) is 0. The van der Waals surface area contributed by atoms with Crippen molar-refractivity contribution in [1.29, 1.82) is 0 Å². The Balaban J connectivity index is 1.94. The van der Waals surface area contributed by atoms with E-state index in [2.05, 4.69) is 17.0 Å². The van der Waals surface area contributed by atoms with Crippen molar-refractivity contribution in [3.8, 4) is 0 Å². The van der Waals surface area contributed by atoms with Crippen molar-refractivity contribution in [1.82, 2.24) is 14.4 Å². The number of rotatable bonds is 8. The minimum Gasteiger partial charge on any atom is -0.354 e. The van der Waals surface area contributed by atoms with E-state index in [4.69, 9.17) is 0 Å². The molecule has 2 aromatic rings. The zero-order chi connectivity index (χ0) is 15.8. The van der Waals surface area contributed by atoms with E-state index >= 15 is 0 Å². The number of hydrogen-bond acceptors (Lipinski definition) is 2. The molecule has 0 bridgehead atoms. The summed E-state index contributed by atoms with van der Waals surface area (Å²) in [5.41, 5.74) is 1.18. The Labute approximate surface area is 133 Å². The van der Waals surface area contributed by atoms with E-state index in [9.17, 15) is 4.79 Å². The highest BCUT2D eigenvalue weighted by Gasteiger charge is 2.14. The summed E-state index contributed by atoms with van der Waals surface area (Å²) in [6.07, 6.45) is 4.53. The second kappa shape index (κ2) is 8.39. The topological polar surface area (TPSA) is 28.5 Å². The first-order chi connectivity index (χ1) is 10.6. The number of aromatic nitrogens is 1. The number of likely N-dealkylation sites (N-methyl/N-ethyl adjacent to an activating group) is 1. The van der Waals surface area contributed by atoms with Gasteiger partial charge >= 0.3 is 0 Å². The van der Waals surface area contributed by atoms with E-state index in [1.54, 1.807) is 0 Å². The van der Waals surface area contributed by atoms with Crippen LogP contribution in [0.4, 0.5) is 0 Å². The predicted octanol–water partition coefficient (Wildman–Crippen LogP) is 2.47. The Morgan fingerprint density at radius 2 is 1.68 bits per heavy atom. The lowest BCUT2D eigenvalue weighted by molar-refractivity contribution is -0.132. The van der Waals surface area contributed by atoms with E-state index in [1.807, 2.05) is 66.3 Å². The third kappa shape index (κ3) is 5.37. The number of aryl methyl sites for hydroxylation is 1. The summed E-state index contributed by atoms with van der Waals surface area (Å²) in [7, 11) is 4.07. The Bertz CT molecular complexity index is 549. The molecular formula is C18H25N3O. The van der Waals surface area contributed by atoms with Crippen LogP contribution in [-0.4, -0.2) is 47.5 Å². The number of amides is 1. The summed E-state index contributed by atoms with van der Waals surface area (Å²) < 4.78 is 2.05. The van der Waals surface area contributed by atoms with E-state index in [-0.39, 0.29) is 5.91 Å². The standard InChI is InChI=1S/C18H25N3O/c1-19(2)14-15-21(16-17-8-4-3-5-9-17)18(22)10-13-20-11-6-7-12-20/h3-9,11-12H,10,13-16H2,1-2H3. The predicted molar refractivity (Wildman–Crippen MR) is 89.5 cm³/mol. The van der Waals surface area contributed by atoms with E-state index < -0.39 is 0 Å². The quantitative estimate of drug-likeness (QED) is 0.749. The molecule has 4 nitrogen and oxygen atoms in total. The van der Waals surface area contributed by atoms with Gasteiger partial charge in [0.2, 0.25) is 5.91 Å². The van der Waals surface area contributed by atoms with E-state index in [0.29, 0.717) is 13.0 Å². The van der Waals surface area contributed by atoms with E-state index in [1.165, 1.54) is 5.56 Å². The lowest BCUT2D eigenvalue weighted by Crippen LogP contribution is -2.36. The highest BCUT2D eigenvalue weighted by Crippen LogP contribution is 2.07. The Morgan fingerprint density at radius 1 is 1.00 bits per heavy atom. The number of carbonyl (C=O) groups excluding carboxylic acids is 1. The SMILES string of the molecule is CN(C)CCN(Cc1ccccc1)C(=O)CCn1cccc1. The third-order valence-electron chi connectivity index (χ3n) is 3.64. The van der Waals surface area contributed by atoms with Gasteiger partial charge in [-0.15, -0.1) is 0 Å². The first-order valence-electron chi connectivity index (χ1n) is 7.72. The molecule has 4 heteroatoms. The van der Waals surface area contributed by atoms with Gasteiger partial charge in [0.25, 0.3) is 0 Å². The van der Waals surface area contributed by atoms with Crippen molar-refractivity contribution in [3.63, 3.8) is 0 Å². The molecule has 0 unspecified atom stereocenters. The van der Waals surface area contributed by atoms with Gasteiger partial charge in [-0.1, -0.05) is 30.3 Å². The molecule has 1 aromatic carbocycles. The molecule has 0 N–H and O–H groups in total. The Hall–Kier alpha value is -2.07. The van der Waals surface area contributed by atoms with Crippen LogP contribution in [0.25, 0.3) is 0 Å². The van der Waals surface area contributed by atoms with Gasteiger partial charge in [-0.3, -0.25) is 4.79 Å². The maximum absolute atomic E-state index is 12.5. The summed E-state index contributed by atoms with van der Waals surface area (Å²) in [5.74, 6) is 0.208. The van der Waals surface area contributed by atoms with Crippen LogP contribution in [-0.2, 0) is 17.9 Å². The van der Waals surface area contributed by atoms with Crippen molar-refractivity contribution in [2.24, 2.45) is 0 Å². The van der Waals surface area contributed by atoms with Crippen LogP contribution in [0.15, 0.2) is 54.9 Å². The van der Waals surface area contributed by atoms with Gasteiger partial charge in [-0.05, 0) is 31.8 Å². The van der Waals surface area contributed by atoms with Gasteiger partial charge in [-0.25, -0.2) is 0 Å². The fraction of sp³-hybridized carbons (Fsp3) is 0.389. The molecule has 0 radical (unpaired) electrons. The summed E-state index contributed by atoms with van der Waals surface area (Å²) in [6, 6.07) is 14.1. The number of benzene rings is 1. The first kappa shape index (κ1) is 16.3. The molecule has 1 amide bonds. The molecule has 118 valence electrons. The zero-order valence-electron chi connectivity index (χ0n) is 13.5. The molecule has 0 aliphatic heterocycles. The molecule has 0 saturated carbocycles. The van der Waals surface area contributed by atoms with Crippen LogP contribution >= 0.6 is 0 Å². The molecule has 1 aromatic heterocycles. The maximum Gasteiger partial charge on any atom is 0.224 e.